The highest BCUT2D eigenvalue weighted by Gasteiger charge is 2.46. The zero-order chi connectivity index (χ0) is 15.7. The lowest BCUT2D eigenvalue weighted by Gasteiger charge is -2.44. The van der Waals surface area contributed by atoms with Crippen LogP contribution in [0.2, 0.25) is 0 Å². The maximum Gasteiger partial charge on any atom is 0.131 e. The molecule has 128 valence electrons. The van der Waals surface area contributed by atoms with E-state index in [1.54, 1.807) is 0 Å². The number of rotatable bonds is 2. The molecule has 0 aromatic heterocycles. The van der Waals surface area contributed by atoms with Crippen molar-refractivity contribution in [1.29, 1.82) is 0 Å². The highest BCUT2D eigenvalue weighted by Crippen LogP contribution is 2.47. The van der Waals surface area contributed by atoms with Crippen molar-refractivity contribution in [2.24, 2.45) is 23.7 Å². The van der Waals surface area contributed by atoms with Gasteiger partial charge in [0.05, 0.1) is 0 Å². The quantitative estimate of drug-likeness (QED) is 0.569. The molecule has 5 atom stereocenters. The summed E-state index contributed by atoms with van der Waals surface area (Å²) in [5.74, 6) is -0.396. The van der Waals surface area contributed by atoms with E-state index in [1.807, 2.05) is 0 Å². The molecule has 0 aromatic carbocycles. The van der Waals surface area contributed by atoms with Crippen LogP contribution in [0.25, 0.3) is 0 Å². The predicted octanol–water partition coefficient (Wildman–Crippen LogP) is 5.75. The molecule has 0 heterocycles. The third kappa shape index (κ3) is 3.46. The second-order valence-electron chi connectivity index (χ2n) is 7.84. The standard InChI is InChI=1S/C18H28F4/c19-14-7-6-12(8-15(14)20)18-16(21)9-13(10-17(18)22)11-4-2-1-3-5-11/h11-18H,1-10H2. The van der Waals surface area contributed by atoms with Gasteiger partial charge in [0, 0.05) is 5.92 Å². The maximum atomic E-state index is 14.7. The van der Waals surface area contributed by atoms with E-state index in [0.717, 1.165) is 12.8 Å². The SMILES string of the molecule is FC1CCC(C2C(F)CC(C3CCCCC3)CC2F)CC1F. The van der Waals surface area contributed by atoms with Crippen LogP contribution in [0.1, 0.15) is 64.2 Å². The summed E-state index contributed by atoms with van der Waals surface area (Å²) in [6.07, 6.45) is 1.91. The Kier molecular flexibility index (Phi) is 5.34. The molecule has 3 rings (SSSR count). The largest absolute Gasteiger partial charge is 0.247 e. The van der Waals surface area contributed by atoms with Crippen LogP contribution in [0.4, 0.5) is 17.6 Å². The number of hydrogen-bond donors (Lipinski definition) is 0. The minimum Gasteiger partial charge on any atom is -0.247 e. The minimum absolute atomic E-state index is 0.000762. The Morgan fingerprint density at radius 2 is 1.05 bits per heavy atom. The second kappa shape index (κ2) is 7.09. The van der Waals surface area contributed by atoms with E-state index in [4.69, 9.17) is 0 Å². The molecule has 0 radical (unpaired) electrons. The lowest BCUT2D eigenvalue weighted by molar-refractivity contribution is -0.0374. The van der Waals surface area contributed by atoms with Gasteiger partial charge in [0.2, 0.25) is 0 Å². The molecule has 5 unspecified atom stereocenters. The average molecular weight is 320 g/mol. The first kappa shape index (κ1) is 16.6. The molecule has 0 aliphatic heterocycles. The first-order chi connectivity index (χ1) is 10.6. The average Bonchev–Trinajstić information content (AvgIpc) is 2.51. The van der Waals surface area contributed by atoms with Crippen LogP contribution in [-0.2, 0) is 0 Å². The fourth-order valence-electron chi connectivity index (χ4n) is 5.26. The number of halogens is 4. The number of alkyl halides is 4. The molecule has 3 saturated carbocycles. The highest BCUT2D eigenvalue weighted by atomic mass is 19.2. The summed E-state index contributed by atoms with van der Waals surface area (Å²) in [5, 5.41) is 0. The number of hydrogen-bond acceptors (Lipinski definition) is 0. The van der Waals surface area contributed by atoms with Crippen molar-refractivity contribution in [2.75, 3.05) is 0 Å². The van der Waals surface area contributed by atoms with Crippen LogP contribution in [-0.4, -0.2) is 24.7 Å². The Labute approximate surface area is 131 Å². The Bertz CT molecular complexity index is 343. The molecule has 0 spiro atoms. The summed E-state index contributed by atoms with van der Waals surface area (Å²) in [4.78, 5) is 0. The summed E-state index contributed by atoms with van der Waals surface area (Å²) in [6.45, 7) is 0. The van der Waals surface area contributed by atoms with E-state index in [-0.39, 0.29) is 24.7 Å². The molecule has 0 N–H and O–H groups in total. The molecule has 0 saturated heterocycles. The van der Waals surface area contributed by atoms with Crippen LogP contribution >= 0.6 is 0 Å². The fourth-order valence-corrected chi connectivity index (χ4v) is 5.26. The summed E-state index contributed by atoms with van der Waals surface area (Å²) >= 11 is 0. The van der Waals surface area contributed by atoms with E-state index in [9.17, 15) is 17.6 Å². The highest BCUT2D eigenvalue weighted by molar-refractivity contribution is 4.95. The normalized spacial score (nSPS) is 48.3. The Morgan fingerprint density at radius 3 is 1.64 bits per heavy atom. The van der Waals surface area contributed by atoms with Crippen LogP contribution in [0.15, 0.2) is 0 Å². The van der Waals surface area contributed by atoms with E-state index in [1.165, 1.54) is 19.3 Å². The van der Waals surface area contributed by atoms with Gasteiger partial charge in [-0.1, -0.05) is 32.1 Å². The van der Waals surface area contributed by atoms with E-state index >= 15 is 0 Å². The Morgan fingerprint density at radius 1 is 0.455 bits per heavy atom. The molecule has 0 aromatic rings. The zero-order valence-corrected chi connectivity index (χ0v) is 13.2. The van der Waals surface area contributed by atoms with E-state index < -0.39 is 30.6 Å². The van der Waals surface area contributed by atoms with Gasteiger partial charge < -0.3 is 0 Å². The Hall–Kier alpha value is -0.280. The van der Waals surface area contributed by atoms with Gasteiger partial charge in [-0.3, -0.25) is 0 Å². The lowest BCUT2D eigenvalue weighted by atomic mass is 9.64. The van der Waals surface area contributed by atoms with Crippen molar-refractivity contribution in [3.63, 3.8) is 0 Å². The van der Waals surface area contributed by atoms with Gasteiger partial charge in [-0.05, 0) is 49.9 Å². The van der Waals surface area contributed by atoms with Crippen LogP contribution in [0.3, 0.4) is 0 Å². The monoisotopic (exact) mass is 320 g/mol. The third-order valence-electron chi connectivity index (χ3n) is 6.49. The van der Waals surface area contributed by atoms with Crippen molar-refractivity contribution < 1.29 is 17.6 Å². The van der Waals surface area contributed by atoms with Crippen LogP contribution in [0.5, 0.6) is 0 Å². The van der Waals surface area contributed by atoms with Crippen molar-refractivity contribution in [1.82, 2.24) is 0 Å². The van der Waals surface area contributed by atoms with Crippen LogP contribution in [0, 0.1) is 23.7 Å². The van der Waals surface area contributed by atoms with Crippen molar-refractivity contribution >= 4 is 0 Å². The van der Waals surface area contributed by atoms with Crippen LogP contribution < -0.4 is 0 Å². The maximum absolute atomic E-state index is 14.7. The Balaban J connectivity index is 1.60. The molecule has 3 aliphatic rings. The first-order valence-electron chi connectivity index (χ1n) is 9.12. The smallest absolute Gasteiger partial charge is 0.131 e. The van der Waals surface area contributed by atoms with Gasteiger partial charge >= 0.3 is 0 Å². The predicted molar refractivity (Wildman–Crippen MR) is 79.7 cm³/mol. The van der Waals surface area contributed by atoms with Crippen molar-refractivity contribution in [3.8, 4) is 0 Å². The molecular weight excluding hydrogens is 292 g/mol. The van der Waals surface area contributed by atoms with Gasteiger partial charge in [-0.2, -0.15) is 0 Å². The summed E-state index contributed by atoms with van der Waals surface area (Å²) in [7, 11) is 0. The van der Waals surface area contributed by atoms with Gasteiger partial charge in [0.1, 0.15) is 24.7 Å². The first-order valence-corrected chi connectivity index (χ1v) is 9.12. The summed E-state index contributed by atoms with van der Waals surface area (Å²) < 4.78 is 56.2. The van der Waals surface area contributed by atoms with Crippen molar-refractivity contribution in [3.05, 3.63) is 0 Å². The molecule has 0 nitrogen and oxygen atoms in total. The van der Waals surface area contributed by atoms with Crippen molar-refractivity contribution in [2.45, 2.75) is 88.9 Å². The van der Waals surface area contributed by atoms with Gasteiger partial charge in [-0.15, -0.1) is 0 Å². The summed E-state index contributed by atoms with van der Waals surface area (Å²) in [5.41, 5.74) is 0. The topological polar surface area (TPSA) is 0 Å². The van der Waals surface area contributed by atoms with E-state index in [2.05, 4.69) is 0 Å². The molecule has 3 aliphatic carbocycles. The van der Waals surface area contributed by atoms with Gasteiger partial charge in [0.15, 0.2) is 0 Å². The second-order valence-corrected chi connectivity index (χ2v) is 7.84. The molecular formula is C18H28F4. The third-order valence-corrected chi connectivity index (χ3v) is 6.49. The lowest BCUT2D eigenvalue weighted by Crippen LogP contribution is -2.45. The zero-order valence-electron chi connectivity index (χ0n) is 13.2. The van der Waals surface area contributed by atoms with Gasteiger partial charge in [-0.25, -0.2) is 17.6 Å². The molecule has 0 bridgehead atoms. The molecule has 22 heavy (non-hydrogen) atoms. The molecule has 4 heteroatoms. The minimum atomic E-state index is -1.53. The fraction of sp³-hybridized carbons (Fsp3) is 1.00. The van der Waals surface area contributed by atoms with E-state index in [0.29, 0.717) is 25.2 Å². The molecule has 3 fully saturated rings. The molecule has 0 amide bonds. The summed E-state index contributed by atoms with van der Waals surface area (Å²) in [6, 6.07) is 0. The van der Waals surface area contributed by atoms with Gasteiger partial charge in [0.25, 0.3) is 0 Å².